The van der Waals surface area contributed by atoms with Gasteiger partial charge in [0.05, 0.1) is 19.8 Å². The van der Waals surface area contributed by atoms with Crippen LogP contribution in [-0.4, -0.2) is 31.5 Å². The Hall–Kier alpha value is -1.20. The molecule has 0 spiro atoms. The molecule has 0 aliphatic carbocycles. The van der Waals surface area contributed by atoms with Crippen LogP contribution in [0.2, 0.25) is 0 Å². The minimum atomic E-state index is 0.255. The summed E-state index contributed by atoms with van der Waals surface area (Å²) < 4.78 is 10.8. The van der Waals surface area contributed by atoms with Crippen LogP contribution in [0.15, 0.2) is 29.3 Å². The Morgan fingerprint density at radius 1 is 1.53 bits per heavy atom. The summed E-state index contributed by atoms with van der Waals surface area (Å²) in [6.45, 7) is 1.53. The van der Waals surface area contributed by atoms with E-state index in [1.165, 1.54) is 11.8 Å². The van der Waals surface area contributed by atoms with Gasteiger partial charge in [0.2, 0.25) is 0 Å². The molecular weight excluding hydrogens is 260 g/mol. The second-order valence-electron chi connectivity index (χ2n) is 4.41. The molecule has 2 N–H and O–H groups in total. The van der Waals surface area contributed by atoms with Gasteiger partial charge in [0.25, 0.3) is 0 Å². The van der Waals surface area contributed by atoms with E-state index in [1.54, 1.807) is 7.11 Å². The minimum absolute atomic E-state index is 0.255. The molecule has 1 aliphatic rings. The van der Waals surface area contributed by atoms with Gasteiger partial charge in [-0.1, -0.05) is 30.0 Å². The number of para-hydroxylation sites is 1. The Labute approximate surface area is 118 Å². The Morgan fingerprint density at radius 3 is 3.11 bits per heavy atom. The van der Waals surface area contributed by atoms with Crippen molar-refractivity contribution in [3.8, 4) is 5.75 Å². The summed E-state index contributed by atoms with van der Waals surface area (Å²) in [6.07, 6.45) is 2.48. The van der Waals surface area contributed by atoms with E-state index in [2.05, 4.69) is 4.99 Å². The molecular formula is C14H20N2O2S. The van der Waals surface area contributed by atoms with Gasteiger partial charge >= 0.3 is 0 Å². The van der Waals surface area contributed by atoms with Crippen molar-refractivity contribution in [2.45, 2.75) is 24.7 Å². The van der Waals surface area contributed by atoms with Crippen LogP contribution in [0.5, 0.6) is 5.75 Å². The molecule has 5 heteroatoms. The third-order valence-electron chi connectivity index (χ3n) is 3.04. The molecule has 1 atom stereocenters. The molecule has 1 fully saturated rings. The molecule has 1 saturated heterocycles. The van der Waals surface area contributed by atoms with Gasteiger partial charge in [-0.15, -0.1) is 0 Å². The second-order valence-corrected chi connectivity index (χ2v) is 5.41. The third kappa shape index (κ3) is 4.44. The van der Waals surface area contributed by atoms with E-state index in [-0.39, 0.29) is 6.10 Å². The van der Waals surface area contributed by atoms with Crippen LogP contribution in [0.1, 0.15) is 18.4 Å². The zero-order chi connectivity index (χ0) is 13.5. The van der Waals surface area contributed by atoms with E-state index in [0.29, 0.717) is 11.7 Å². The smallest absolute Gasteiger partial charge is 0.154 e. The molecule has 1 aliphatic heterocycles. The van der Waals surface area contributed by atoms with Gasteiger partial charge in [-0.2, -0.15) is 0 Å². The van der Waals surface area contributed by atoms with Crippen LogP contribution < -0.4 is 10.5 Å². The van der Waals surface area contributed by atoms with Crippen LogP contribution in [0.4, 0.5) is 0 Å². The maximum absolute atomic E-state index is 5.91. The molecule has 0 saturated carbocycles. The lowest BCUT2D eigenvalue weighted by molar-refractivity contribution is 0.118. The molecule has 2 rings (SSSR count). The lowest BCUT2D eigenvalue weighted by atomic mass is 10.2. The predicted octanol–water partition coefficient (Wildman–Crippen LogP) is 2.42. The Balaban J connectivity index is 1.81. The number of methoxy groups -OCH3 is 1. The van der Waals surface area contributed by atoms with Gasteiger partial charge in [0, 0.05) is 17.9 Å². The molecule has 19 heavy (non-hydrogen) atoms. The van der Waals surface area contributed by atoms with Gasteiger partial charge in [-0.05, 0) is 18.9 Å². The zero-order valence-electron chi connectivity index (χ0n) is 11.2. The first-order valence-corrected chi connectivity index (χ1v) is 7.44. The summed E-state index contributed by atoms with van der Waals surface area (Å²) in [4.78, 5) is 4.37. The summed E-state index contributed by atoms with van der Waals surface area (Å²) in [6, 6.07) is 7.95. The maximum atomic E-state index is 5.91. The van der Waals surface area contributed by atoms with Gasteiger partial charge in [0.15, 0.2) is 5.17 Å². The first kappa shape index (κ1) is 14.2. The van der Waals surface area contributed by atoms with Crippen molar-refractivity contribution in [1.29, 1.82) is 0 Å². The quantitative estimate of drug-likeness (QED) is 0.665. The average molecular weight is 280 g/mol. The summed E-state index contributed by atoms with van der Waals surface area (Å²) in [7, 11) is 1.68. The van der Waals surface area contributed by atoms with E-state index in [0.717, 1.165) is 36.5 Å². The number of ether oxygens (including phenoxy) is 2. The van der Waals surface area contributed by atoms with E-state index >= 15 is 0 Å². The fourth-order valence-electron chi connectivity index (χ4n) is 2.00. The van der Waals surface area contributed by atoms with E-state index in [1.807, 2.05) is 24.3 Å². The molecule has 104 valence electrons. The van der Waals surface area contributed by atoms with E-state index in [4.69, 9.17) is 15.2 Å². The minimum Gasteiger partial charge on any atom is -0.496 e. The molecule has 0 aromatic heterocycles. The van der Waals surface area contributed by atoms with Crippen molar-refractivity contribution < 1.29 is 9.47 Å². The highest BCUT2D eigenvalue weighted by atomic mass is 32.2. The van der Waals surface area contributed by atoms with Gasteiger partial charge in [-0.3, -0.25) is 4.99 Å². The number of hydrogen-bond donors (Lipinski definition) is 1. The topological polar surface area (TPSA) is 56.8 Å². The monoisotopic (exact) mass is 280 g/mol. The van der Waals surface area contributed by atoms with Crippen molar-refractivity contribution in [2.75, 3.05) is 20.3 Å². The molecule has 1 aromatic rings. The van der Waals surface area contributed by atoms with Crippen LogP contribution >= 0.6 is 11.8 Å². The summed E-state index contributed by atoms with van der Waals surface area (Å²) >= 11 is 1.53. The van der Waals surface area contributed by atoms with Crippen LogP contribution in [0.3, 0.4) is 0 Å². The number of benzene rings is 1. The SMILES string of the molecule is COc1ccccc1CSC(N)=NC[C@H]1CCCO1. The summed E-state index contributed by atoms with van der Waals surface area (Å²) in [5.41, 5.74) is 7.04. The van der Waals surface area contributed by atoms with Crippen molar-refractivity contribution in [3.63, 3.8) is 0 Å². The Bertz CT molecular complexity index is 431. The number of rotatable bonds is 5. The predicted molar refractivity (Wildman–Crippen MR) is 79.8 cm³/mol. The van der Waals surface area contributed by atoms with Crippen molar-refractivity contribution >= 4 is 16.9 Å². The number of nitrogens with zero attached hydrogens (tertiary/aromatic N) is 1. The number of aliphatic imine (C=N–C) groups is 1. The Kier molecular flexibility index (Phi) is 5.54. The molecule has 0 unspecified atom stereocenters. The molecule has 0 radical (unpaired) electrons. The molecule has 4 nitrogen and oxygen atoms in total. The highest BCUT2D eigenvalue weighted by Crippen LogP contribution is 2.22. The van der Waals surface area contributed by atoms with Crippen molar-refractivity contribution in [1.82, 2.24) is 0 Å². The number of thioether (sulfide) groups is 1. The Morgan fingerprint density at radius 2 is 2.37 bits per heavy atom. The first-order valence-electron chi connectivity index (χ1n) is 6.46. The summed E-state index contributed by atoms with van der Waals surface area (Å²) in [5.74, 6) is 1.66. The first-order chi connectivity index (χ1) is 9.29. The molecule has 0 bridgehead atoms. The standard InChI is InChI=1S/C14H20N2O2S/c1-17-13-7-3-2-5-11(13)10-19-14(15)16-9-12-6-4-8-18-12/h2-3,5,7,12H,4,6,8-10H2,1H3,(H2,15,16)/t12-/m1/s1. The van der Waals surface area contributed by atoms with Gasteiger partial charge in [0.1, 0.15) is 5.75 Å². The number of nitrogens with two attached hydrogens (primary N) is 1. The highest BCUT2D eigenvalue weighted by molar-refractivity contribution is 8.13. The molecule has 1 aromatic carbocycles. The maximum Gasteiger partial charge on any atom is 0.154 e. The fourth-order valence-corrected chi connectivity index (χ4v) is 2.71. The normalized spacial score (nSPS) is 19.6. The number of hydrogen-bond acceptors (Lipinski definition) is 4. The lowest BCUT2D eigenvalue weighted by Gasteiger charge is -2.08. The second kappa shape index (κ2) is 7.40. The average Bonchev–Trinajstić information content (AvgIpc) is 2.96. The number of amidine groups is 1. The van der Waals surface area contributed by atoms with E-state index in [9.17, 15) is 0 Å². The summed E-state index contributed by atoms with van der Waals surface area (Å²) in [5, 5.41) is 0.612. The molecule has 1 heterocycles. The molecule has 0 amide bonds. The zero-order valence-corrected chi connectivity index (χ0v) is 12.0. The van der Waals surface area contributed by atoms with Crippen LogP contribution in [-0.2, 0) is 10.5 Å². The van der Waals surface area contributed by atoms with Gasteiger partial charge in [-0.25, -0.2) is 0 Å². The fraction of sp³-hybridized carbons (Fsp3) is 0.500. The lowest BCUT2D eigenvalue weighted by Crippen LogP contribution is -2.14. The van der Waals surface area contributed by atoms with Crippen LogP contribution in [0, 0.1) is 0 Å². The third-order valence-corrected chi connectivity index (χ3v) is 3.92. The van der Waals surface area contributed by atoms with Crippen LogP contribution in [0.25, 0.3) is 0 Å². The van der Waals surface area contributed by atoms with Crippen molar-refractivity contribution in [2.24, 2.45) is 10.7 Å². The highest BCUT2D eigenvalue weighted by Gasteiger charge is 2.14. The van der Waals surface area contributed by atoms with Crippen molar-refractivity contribution in [3.05, 3.63) is 29.8 Å². The van der Waals surface area contributed by atoms with Gasteiger partial charge < -0.3 is 15.2 Å². The largest absolute Gasteiger partial charge is 0.496 e. The van der Waals surface area contributed by atoms with E-state index < -0.39 is 0 Å².